The molecule has 0 atom stereocenters. The molecular weight excluding hydrogens is 324 g/mol. The van der Waals surface area contributed by atoms with Gasteiger partial charge in [-0.15, -0.1) is 0 Å². The van der Waals surface area contributed by atoms with Gasteiger partial charge in [0.2, 0.25) is 0 Å². The maximum absolute atomic E-state index is 12.8. The molecule has 4 heteroatoms. The Hall–Kier alpha value is -3.01. The number of anilines is 1. The first-order chi connectivity index (χ1) is 12.7. The first kappa shape index (κ1) is 16.5. The van der Waals surface area contributed by atoms with Crippen LogP contribution in [0, 0.1) is 6.92 Å². The van der Waals surface area contributed by atoms with E-state index >= 15 is 0 Å². The highest BCUT2D eigenvalue weighted by molar-refractivity contribution is 5.94. The van der Waals surface area contributed by atoms with Crippen molar-refractivity contribution in [3.05, 3.63) is 78.1 Å². The topological polar surface area (TPSA) is 36.7 Å². The average molecular weight is 346 g/mol. The Morgan fingerprint density at radius 1 is 0.846 bits per heavy atom. The van der Waals surface area contributed by atoms with Crippen molar-refractivity contribution in [1.29, 1.82) is 0 Å². The van der Waals surface area contributed by atoms with Crippen LogP contribution >= 0.6 is 0 Å². The third kappa shape index (κ3) is 3.36. The van der Waals surface area contributed by atoms with Crippen molar-refractivity contribution in [3.8, 4) is 11.3 Å². The van der Waals surface area contributed by atoms with Gasteiger partial charge in [-0.1, -0.05) is 30.3 Å². The van der Waals surface area contributed by atoms with E-state index in [1.807, 2.05) is 54.3 Å². The molecular formula is C22H22N2O2. The minimum Gasteiger partial charge on any atom is -0.461 e. The molecule has 1 aliphatic heterocycles. The van der Waals surface area contributed by atoms with Crippen LogP contribution in [0.25, 0.3) is 11.3 Å². The van der Waals surface area contributed by atoms with Crippen LogP contribution in [0.3, 0.4) is 0 Å². The van der Waals surface area contributed by atoms with Gasteiger partial charge in [0.25, 0.3) is 5.91 Å². The molecule has 4 rings (SSSR count). The quantitative estimate of drug-likeness (QED) is 0.712. The average Bonchev–Trinajstić information content (AvgIpc) is 3.15. The van der Waals surface area contributed by atoms with E-state index in [1.165, 1.54) is 5.69 Å². The summed E-state index contributed by atoms with van der Waals surface area (Å²) in [5.41, 5.74) is 2.94. The van der Waals surface area contributed by atoms with Crippen molar-refractivity contribution >= 4 is 11.6 Å². The van der Waals surface area contributed by atoms with Crippen molar-refractivity contribution in [3.63, 3.8) is 0 Å². The molecule has 1 amide bonds. The van der Waals surface area contributed by atoms with Gasteiger partial charge in [0, 0.05) is 43.0 Å². The molecule has 1 aliphatic rings. The molecule has 132 valence electrons. The second-order valence-corrected chi connectivity index (χ2v) is 6.60. The number of hydrogen-bond acceptors (Lipinski definition) is 3. The molecule has 0 radical (unpaired) electrons. The van der Waals surface area contributed by atoms with Crippen LogP contribution in [0.15, 0.2) is 71.1 Å². The van der Waals surface area contributed by atoms with Crippen molar-refractivity contribution in [2.45, 2.75) is 6.92 Å². The van der Waals surface area contributed by atoms with E-state index in [1.54, 1.807) is 0 Å². The Morgan fingerprint density at radius 2 is 1.54 bits per heavy atom. The number of carbonyl (C=O) groups is 1. The molecule has 2 aromatic carbocycles. The predicted molar refractivity (Wildman–Crippen MR) is 103 cm³/mol. The van der Waals surface area contributed by atoms with Crippen molar-refractivity contribution in [2.24, 2.45) is 0 Å². The molecule has 0 N–H and O–H groups in total. The Balaban J connectivity index is 1.40. The summed E-state index contributed by atoms with van der Waals surface area (Å²) in [5.74, 6) is 1.81. The SMILES string of the molecule is Cc1ccc(-c2ccc(C(=O)N3CCN(c4ccccc4)CC3)cc2)o1. The van der Waals surface area contributed by atoms with E-state index in [-0.39, 0.29) is 5.91 Å². The van der Waals surface area contributed by atoms with Crippen molar-refractivity contribution in [1.82, 2.24) is 4.90 Å². The molecule has 4 nitrogen and oxygen atoms in total. The number of aryl methyl sites for hydroxylation is 1. The van der Waals surface area contributed by atoms with Gasteiger partial charge in [-0.2, -0.15) is 0 Å². The fourth-order valence-electron chi connectivity index (χ4n) is 3.36. The first-order valence-corrected chi connectivity index (χ1v) is 8.97. The second kappa shape index (κ2) is 7.08. The van der Waals surface area contributed by atoms with Gasteiger partial charge in [0.1, 0.15) is 11.5 Å². The molecule has 1 saturated heterocycles. The largest absolute Gasteiger partial charge is 0.461 e. The lowest BCUT2D eigenvalue weighted by atomic mass is 10.1. The minimum absolute atomic E-state index is 0.0971. The Bertz CT molecular complexity index is 876. The normalized spacial score (nSPS) is 14.5. The van der Waals surface area contributed by atoms with Crippen LogP contribution in [0.2, 0.25) is 0 Å². The zero-order valence-electron chi connectivity index (χ0n) is 14.9. The fraction of sp³-hybridized carbons (Fsp3) is 0.227. The van der Waals surface area contributed by atoms with E-state index in [0.717, 1.165) is 48.8 Å². The number of benzene rings is 2. The zero-order chi connectivity index (χ0) is 17.9. The summed E-state index contributed by atoms with van der Waals surface area (Å²) in [6, 6.07) is 21.9. The Labute approximate surface area is 153 Å². The number of hydrogen-bond donors (Lipinski definition) is 0. The lowest BCUT2D eigenvalue weighted by Crippen LogP contribution is -2.48. The number of carbonyl (C=O) groups excluding carboxylic acids is 1. The van der Waals surface area contributed by atoms with Gasteiger partial charge in [-0.25, -0.2) is 0 Å². The Morgan fingerprint density at radius 3 is 2.15 bits per heavy atom. The van der Waals surface area contributed by atoms with Crippen molar-refractivity contribution in [2.75, 3.05) is 31.1 Å². The minimum atomic E-state index is 0.0971. The van der Waals surface area contributed by atoms with Gasteiger partial charge >= 0.3 is 0 Å². The molecule has 1 aromatic heterocycles. The fourth-order valence-corrected chi connectivity index (χ4v) is 3.36. The van der Waals surface area contributed by atoms with Crippen LogP contribution in [-0.4, -0.2) is 37.0 Å². The summed E-state index contributed by atoms with van der Waals surface area (Å²) in [4.78, 5) is 17.0. The smallest absolute Gasteiger partial charge is 0.253 e. The summed E-state index contributed by atoms with van der Waals surface area (Å²) in [7, 11) is 0. The molecule has 2 heterocycles. The van der Waals surface area contributed by atoms with Crippen LogP contribution in [0.1, 0.15) is 16.1 Å². The van der Waals surface area contributed by atoms with Gasteiger partial charge in [-0.05, 0) is 43.3 Å². The zero-order valence-corrected chi connectivity index (χ0v) is 14.9. The summed E-state index contributed by atoms with van der Waals surface area (Å²) in [5, 5.41) is 0. The lowest BCUT2D eigenvalue weighted by molar-refractivity contribution is 0.0747. The summed E-state index contributed by atoms with van der Waals surface area (Å²) < 4.78 is 5.64. The molecule has 3 aromatic rings. The molecule has 0 spiro atoms. The Kier molecular flexibility index (Phi) is 4.48. The van der Waals surface area contributed by atoms with Gasteiger partial charge in [0.15, 0.2) is 0 Å². The predicted octanol–water partition coefficient (Wildman–Crippen LogP) is 4.22. The molecule has 0 bridgehead atoms. The second-order valence-electron chi connectivity index (χ2n) is 6.60. The van der Waals surface area contributed by atoms with E-state index in [0.29, 0.717) is 0 Å². The number of para-hydroxylation sites is 1. The molecule has 26 heavy (non-hydrogen) atoms. The maximum Gasteiger partial charge on any atom is 0.253 e. The lowest BCUT2D eigenvalue weighted by Gasteiger charge is -2.36. The standard InChI is InChI=1S/C22H22N2O2/c1-17-7-12-21(26-17)18-8-10-19(11-9-18)22(25)24-15-13-23(14-16-24)20-5-3-2-4-6-20/h2-12H,13-16H2,1H3. The van der Waals surface area contributed by atoms with Crippen molar-refractivity contribution < 1.29 is 9.21 Å². The number of nitrogens with zero attached hydrogens (tertiary/aromatic N) is 2. The number of furan rings is 1. The van der Waals surface area contributed by atoms with Crippen LogP contribution in [0.5, 0.6) is 0 Å². The highest BCUT2D eigenvalue weighted by Gasteiger charge is 2.22. The number of amides is 1. The van der Waals surface area contributed by atoms with E-state index < -0.39 is 0 Å². The van der Waals surface area contributed by atoms with Crippen LogP contribution in [0.4, 0.5) is 5.69 Å². The molecule has 0 unspecified atom stereocenters. The van der Waals surface area contributed by atoms with Crippen LogP contribution in [-0.2, 0) is 0 Å². The third-order valence-corrected chi connectivity index (χ3v) is 4.84. The highest BCUT2D eigenvalue weighted by atomic mass is 16.3. The third-order valence-electron chi connectivity index (χ3n) is 4.84. The van der Waals surface area contributed by atoms with Gasteiger partial charge < -0.3 is 14.2 Å². The summed E-state index contributed by atoms with van der Waals surface area (Å²) >= 11 is 0. The molecule has 0 aliphatic carbocycles. The maximum atomic E-state index is 12.8. The molecule has 0 saturated carbocycles. The van der Waals surface area contributed by atoms with Crippen LogP contribution < -0.4 is 4.90 Å². The van der Waals surface area contributed by atoms with E-state index in [4.69, 9.17) is 4.42 Å². The summed E-state index contributed by atoms with van der Waals surface area (Å²) in [6.07, 6.45) is 0. The highest BCUT2D eigenvalue weighted by Crippen LogP contribution is 2.23. The van der Waals surface area contributed by atoms with Gasteiger partial charge in [-0.3, -0.25) is 4.79 Å². The summed E-state index contributed by atoms with van der Waals surface area (Å²) in [6.45, 7) is 5.13. The van der Waals surface area contributed by atoms with E-state index in [2.05, 4.69) is 29.2 Å². The van der Waals surface area contributed by atoms with E-state index in [9.17, 15) is 4.79 Å². The first-order valence-electron chi connectivity index (χ1n) is 8.97. The number of rotatable bonds is 3. The van der Waals surface area contributed by atoms with Gasteiger partial charge in [0.05, 0.1) is 0 Å². The molecule has 1 fully saturated rings. The monoisotopic (exact) mass is 346 g/mol. The number of piperazine rings is 1.